The first-order chi connectivity index (χ1) is 7.96. The van der Waals surface area contributed by atoms with Crippen LogP contribution in [-0.2, 0) is 8.87 Å². The van der Waals surface area contributed by atoms with Crippen LogP contribution in [0.4, 0.5) is 0 Å². The summed E-state index contributed by atoms with van der Waals surface area (Å²) in [5.74, 6) is 0. The summed E-state index contributed by atoms with van der Waals surface area (Å²) in [4.78, 5) is 0.0398. The van der Waals surface area contributed by atoms with Gasteiger partial charge in [0.15, 0.2) is 0 Å². The topological polar surface area (TPSA) is 34.1 Å². The molecule has 0 aliphatic carbocycles. The van der Waals surface area contributed by atoms with E-state index < -0.39 is 16.3 Å². The third-order valence-corrected chi connectivity index (χ3v) is 8.77. The summed E-state index contributed by atoms with van der Waals surface area (Å²) in [7, 11) is -3.64. The fourth-order valence-electron chi connectivity index (χ4n) is 0.938. The third kappa shape index (κ3) is 4.23. The van der Waals surface area contributed by atoms with Gasteiger partial charge in [-0.05, 0) is 19.1 Å². The van der Waals surface area contributed by atoms with E-state index in [1.807, 2.05) is 6.92 Å². The van der Waals surface area contributed by atoms with E-state index in [-0.39, 0.29) is 15.7 Å². The molecule has 0 unspecified atom stereocenters. The molecule has 0 radical (unpaired) electrons. The molecule has 0 aliphatic rings. The van der Waals surface area contributed by atoms with Crippen LogP contribution in [-0.4, -0.2) is 15.9 Å². The smallest absolute Gasteiger partial charge is 0.212 e. The summed E-state index contributed by atoms with van der Waals surface area (Å²) < 4.78 is 19.8. The van der Waals surface area contributed by atoms with Gasteiger partial charge in [0, 0.05) is 10.8 Å². The second-order valence-corrected chi connectivity index (χ2v) is 11.4. The normalized spacial score (nSPS) is 13.7. The number of hydrogen-bond donors (Lipinski definition) is 0. The largest absolute Gasteiger partial charge is 0.233 e. The fraction of sp³-hybridized carbons (Fsp3) is 0.333. The predicted octanol–water partition coefficient (Wildman–Crippen LogP) is 4.92. The Kier molecular flexibility index (Phi) is 5.45. The van der Waals surface area contributed by atoms with E-state index in [0.29, 0.717) is 0 Å². The van der Waals surface area contributed by atoms with Crippen LogP contribution in [0.1, 0.15) is 5.56 Å². The number of benzene rings is 1. The molecule has 0 N–H and O–H groups in total. The molecular weight excluding hydrogens is 381 g/mol. The van der Waals surface area contributed by atoms with Crippen molar-refractivity contribution in [3.63, 3.8) is 0 Å². The molecule has 18 heavy (non-hydrogen) atoms. The summed E-state index contributed by atoms with van der Waals surface area (Å²) in [6.45, 7) is 1.83. The summed E-state index contributed by atoms with van der Waals surface area (Å²) in [6, 6.07) is 6.15. The van der Waals surface area contributed by atoms with Crippen LogP contribution in [0.3, 0.4) is 0 Å². The van der Waals surface area contributed by atoms with Gasteiger partial charge in [-0.1, -0.05) is 75.7 Å². The number of alkyl halides is 5. The summed E-state index contributed by atoms with van der Waals surface area (Å²) >= 11 is 28.0. The van der Waals surface area contributed by atoms with Crippen LogP contribution >= 0.6 is 68.8 Å². The van der Waals surface area contributed by atoms with Crippen molar-refractivity contribution in [3.05, 3.63) is 29.8 Å². The van der Waals surface area contributed by atoms with E-state index in [2.05, 4.69) is 0 Å². The highest BCUT2D eigenvalue weighted by molar-refractivity contribution is 8.73. The van der Waals surface area contributed by atoms with E-state index in [1.165, 1.54) is 12.1 Å². The van der Waals surface area contributed by atoms with Gasteiger partial charge in [-0.15, -0.1) is 0 Å². The van der Waals surface area contributed by atoms with Gasteiger partial charge < -0.3 is 0 Å². The van der Waals surface area contributed by atoms with E-state index >= 15 is 0 Å². The lowest BCUT2D eigenvalue weighted by atomic mass is 10.2. The van der Waals surface area contributed by atoms with Gasteiger partial charge in [-0.3, -0.25) is 0 Å². The van der Waals surface area contributed by atoms with Crippen molar-refractivity contribution in [1.82, 2.24) is 0 Å². The molecule has 0 amide bonds. The second kappa shape index (κ2) is 5.76. The van der Waals surface area contributed by atoms with E-state index in [1.54, 1.807) is 12.1 Å². The minimum Gasteiger partial charge on any atom is -0.212 e. The van der Waals surface area contributed by atoms with Crippen molar-refractivity contribution < 1.29 is 8.42 Å². The van der Waals surface area contributed by atoms with Crippen LogP contribution in [0.2, 0.25) is 0 Å². The lowest BCUT2D eigenvalue weighted by molar-refractivity contribution is 0.610. The average Bonchev–Trinajstić information content (AvgIpc) is 2.14. The van der Waals surface area contributed by atoms with Crippen molar-refractivity contribution in [1.29, 1.82) is 0 Å². The van der Waals surface area contributed by atoms with Gasteiger partial charge in [0.05, 0.1) is 4.90 Å². The monoisotopic (exact) mass is 386 g/mol. The molecule has 0 bridgehead atoms. The molecule has 0 aromatic heterocycles. The number of hydrogen-bond acceptors (Lipinski definition) is 3. The molecule has 1 aromatic carbocycles. The third-order valence-electron chi connectivity index (χ3n) is 1.85. The first-order valence-corrected chi connectivity index (χ1v) is 9.13. The molecule has 0 saturated heterocycles. The Morgan fingerprint density at radius 1 is 1.00 bits per heavy atom. The SMILES string of the molecule is Cc1ccc(S(=O)(=O)SC(Cl)(Cl)C(Cl)(Cl)Cl)cc1. The molecular formula is C9H7Cl5O2S2. The van der Waals surface area contributed by atoms with Crippen molar-refractivity contribution >= 4 is 77.7 Å². The summed E-state index contributed by atoms with van der Waals surface area (Å²) in [6.07, 6.45) is 0. The zero-order valence-electron chi connectivity index (χ0n) is 8.83. The molecule has 102 valence electrons. The van der Waals surface area contributed by atoms with Crippen LogP contribution in [0.5, 0.6) is 0 Å². The zero-order valence-corrected chi connectivity index (χ0v) is 14.2. The van der Waals surface area contributed by atoms with Crippen molar-refractivity contribution in [3.8, 4) is 0 Å². The first kappa shape index (κ1) is 17.0. The standard InChI is InChI=1S/C9H7Cl5O2S2/c1-6-2-4-7(5-3-6)18(15,16)17-9(13,14)8(10,11)12/h2-5H,1H3. The van der Waals surface area contributed by atoms with Crippen molar-refractivity contribution in [2.75, 3.05) is 0 Å². The van der Waals surface area contributed by atoms with Crippen molar-refractivity contribution in [2.45, 2.75) is 19.3 Å². The molecule has 0 aliphatic heterocycles. The highest BCUT2D eigenvalue weighted by Crippen LogP contribution is 2.55. The maximum Gasteiger partial charge on any atom is 0.233 e. The average molecular weight is 389 g/mol. The minimum absolute atomic E-state index is 0.0398. The van der Waals surface area contributed by atoms with Gasteiger partial charge >= 0.3 is 0 Å². The predicted molar refractivity (Wildman–Crippen MR) is 80.7 cm³/mol. The van der Waals surface area contributed by atoms with E-state index in [9.17, 15) is 8.42 Å². The molecule has 0 saturated carbocycles. The minimum atomic E-state index is -3.82. The molecule has 1 rings (SSSR count). The number of rotatable bonds is 3. The molecule has 2 nitrogen and oxygen atoms in total. The second-order valence-electron chi connectivity index (χ2n) is 3.37. The Morgan fingerprint density at radius 2 is 1.44 bits per heavy atom. The number of aryl methyl sites for hydroxylation is 1. The van der Waals surface area contributed by atoms with E-state index in [0.717, 1.165) is 5.56 Å². The Morgan fingerprint density at radius 3 is 1.83 bits per heavy atom. The lowest BCUT2D eigenvalue weighted by Gasteiger charge is -2.25. The van der Waals surface area contributed by atoms with Crippen LogP contribution < -0.4 is 0 Å². The molecule has 0 spiro atoms. The van der Waals surface area contributed by atoms with Crippen LogP contribution in [0.15, 0.2) is 29.2 Å². The maximum absolute atomic E-state index is 12.0. The molecule has 0 fully saturated rings. The Balaban J connectivity index is 3.07. The first-order valence-electron chi connectivity index (χ1n) is 4.42. The molecule has 9 heteroatoms. The van der Waals surface area contributed by atoms with E-state index in [4.69, 9.17) is 58.0 Å². The fourth-order valence-corrected chi connectivity index (χ4v) is 5.95. The van der Waals surface area contributed by atoms with Gasteiger partial charge in [-0.2, -0.15) is 0 Å². The Bertz CT molecular complexity index is 519. The van der Waals surface area contributed by atoms with Gasteiger partial charge in [-0.25, -0.2) is 8.42 Å². The Hall–Kier alpha value is 0.970. The quantitative estimate of drug-likeness (QED) is 0.544. The lowest BCUT2D eigenvalue weighted by Crippen LogP contribution is -2.28. The maximum atomic E-state index is 12.0. The molecule has 1 aromatic rings. The molecule has 0 atom stereocenters. The van der Waals surface area contributed by atoms with Gasteiger partial charge in [0.25, 0.3) is 0 Å². The van der Waals surface area contributed by atoms with Crippen LogP contribution in [0.25, 0.3) is 0 Å². The van der Waals surface area contributed by atoms with Crippen LogP contribution in [0, 0.1) is 6.92 Å². The number of halogens is 5. The van der Waals surface area contributed by atoms with Gasteiger partial charge in [0.1, 0.15) is 0 Å². The summed E-state index contributed by atoms with van der Waals surface area (Å²) in [5, 5.41) is 0. The highest BCUT2D eigenvalue weighted by atomic mass is 35.6. The summed E-state index contributed by atoms with van der Waals surface area (Å²) in [5.41, 5.74) is 0.920. The van der Waals surface area contributed by atoms with Gasteiger partial charge in [0.2, 0.25) is 16.3 Å². The zero-order chi connectivity index (χ0) is 14.2. The Labute approximate surface area is 134 Å². The molecule has 0 heterocycles. The van der Waals surface area contributed by atoms with Crippen molar-refractivity contribution in [2.24, 2.45) is 0 Å². The highest BCUT2D eigenvalue weighted by Gasteiger charge is 2.50.